The van der Waals surface area contributed by atoms with Gasteiger partial charge in [0.05, 0.1) is 6.61 Å². The first-order valence-corrected chi connectivity index (χ1v) is 6.79. The molecule has 0 saturated carbocycles. The van der Waals surface area contributed by atoms with E-state index in [1.165, 1.54) is 18.4 Å². The molecular weight excluding hydrogens is 224 g/mol. The normalized spacial score (nSPS) is 18.7. The predicted octanol–water partition coefficient (Wildman–Crippen LogP) is 1.79. The van der Waals surface area contributed by atoms with Crippen molar-refractivity contribution >= 4 is 0 Å². The Kier molecular flexibility index (Phi) is 5.17. The Balaban J connectivity index is 1.82. The van der Waals surface area contributed by atoms with E-state index in [2.05, 4.69) is 41.0 Å². The monoisotopic (exact) mass is 248 g/mol. The van der Waals surface area contributed by atoms with Gasteiger partial charge in [0.2, 0.25) is 0 Å². The zero-order valence-corrected chi connectivity index (χ0v) is 11.2. The molecule has 0 unspecified atom stereocenters. The van der Waals surface area contributed by atoms with Crippen molar-refractivity contribution in [1.29, 1.82) is 0 Å². The number of nitrogens with one attached hydrogen (secondary N) is 2. The maximum absolute atomic E-state index is 5.42. The first kappa shape index (κ1) is 13.5. The number of benzene rings is 1. The van der Waals surface area contributed by atoms with Crippen molar-refractivity contribution in [3.63, 3.8) is 0 Å². The highest BCUT2D eigenvalue weighted by molar-refractivity contribution is 5.14. The minimum atomic E-state index is 0.314. The van der Waals surface area contributed by atoms with E-state index in [0.29, 0.717) is 5.41 Å². The van der Waals surface area contributed by atoms with Gasteiger partial charge in [-0.05, 0) is 31.5 Å². The summed E-state index contributed by atoms with van der Waals surface area (Å²) in [6.07, 6.45) is 2.39. The molecule has 1 saturated heterocycles. The topological polar surface area (TPSA) is 33.3 Å². The van der Waals surface area contributed by atoms with Crippen molar-refractivity contribution in [1.82, 2.24) is 10.6 Å². The molecule has 1 aromatic rings. The number of rotatable bonds is 6. The lowest BCUT2D eigenvalue weighted by Gasteiger charge is -2.37. The van der Waals surface area contributed by atoms with Crippen molar-refractivity contribution in [2.24, 2.45) is 5.41 Å². The van der Waals surface area contributed by atoms with E-state index in [-0.39, 0.29) is 0 Å². The predicted molar refractivity (Wildman–Crippen MR) is 74.6 cm³/mol. The second kappa shape index (κ2) is 6.88. The van der Waals surface area contributed by atoms with Crippen LogP contribution < -0.4 is 10.6 Å². The Morgan fingerprint density at radius 2 is 1.94 bits per heavy atom. The summed E-state index contributed by atoms with van der Waals surface area (Å²) < 4.78 is 5.42. The molecule has 0 bridgehead atoms. The molecule has 1 heterocycles. The summed E-state index contributed by atoms with van der Waals surface area (Å²) >= 11 is 0. The van der Waals surface area contributed by atoms with Gasteiger partial charge in [-0.15, -0.1) is 0 Å². The second-order valence-corrected chi connectivity index (χ2v) is 5.27. The van der Waals surface area contributed by atoms with Crippen LogP contribution in [0.2, 0.25) is 0 Å². The van der Waals surface area contributed by atoms with Gasteiger partial charge in [0.1, 0.15) is 0 Å². The van der Waals surface area contributed by atoms with Crippen molar-refractivity contribution in [3.8, 4) is 0 Å². The lowest BCUT2D eigenvalue weighted by atomic mass is 9.79. The van der Waals surface area contributed by atoms with Crippen LogP contribution in [0.15, 0.2) is 30.3 Å². The molecule has 100 valence electrons. The highest BCUT2D eigenvalue weighted by Gasteiger charge is 2.31. The molecule has 3 nitrogen and oxygen atoms in total. The summed E-state index contributed by atoms with van der Waals surface area (Å²) in [7, 11) is 1.81. The third-order valence-corrected chi connectivity index (χ3v) is 3.79. The van der Waals surface area contributed by atoms with E-state index in [4.69, 9.17) is 4.74 Å². The van der Waals surface area contributed by atoms with Crippen molar-refractivity contribution in [2.75, 3.05) is 33.4 Å². The zero-order valence-electron chi connectivity index (χ0n) is 11.2. The van der Waals surface area contributed by atoms with E-state index >= 15 is 0 Å². The Bertz CT molecular complexity index is 328. The van der Waals surface area contributed by atoms with Crippen molar-refractivity contribution < 1.29 is 4.74 Å². The largest absolute Gasteiger partial charge is 0.384 e. The van der Waals surface area contributed by atoms with Gasteiger partial charge < -0.3 is 15.4 Å². The van der Waals surface area contributed by atoms with Gasteiger partial charge in [-0.3, -0.25) is 0 Å². The fraction of sp³-hybridized carbons (Fsp3) is 0.600. The summed E-state index contributed by atoms with van der Waals surface area (Å²) in [5.41, 5.74) is 1.66. The van der Waals surface area contributed by atoms with Crippen molar-refractivity contribution in [3.05, 3.63) is 35.9 Å². The van der Waals surface area contributed by atoms with Crippen molar-refractivity contribution in [2.45, 2.75) is 19.4 Å². The minimum Gasteiger partial charge on any atom is -0.384 e. The van der Waals surface area contributed by atoms with Gasteiger partial charge in [-0.2, -0.15) is 0 Å². The van der Waals surface area contributed by atoms with E-state index in [1.54, 1.807) is 7.11 Å². The van der Waals surface area contributed by atoms with Crippen LogP contribution in [0.3, 0.4) is 0 Å². The number of ether oxygens (including phenoxy) is 1. The molecule has 0 radical (unpaired) electrons. The molecule has 18 heavy (non-hydrogen) atoms. The first-order chi connectivity index (χ1) is 8.85. The smallest absolute Gasteiger partial charge is 0.0531 e. The molecule has 0 amide bonds. The molecule has 1 fully saturated rings. The molecule has 1 aliphatic heterocycles. The number of hydrogen-bond acceptors (Lipinski definition) is 3. The van der Waals surface area contributed by atoms with E-state index < -0.39 is 0 Å². The summed E-state index contributed by atoms with van der Waals surface area (Å²) in [6, 6.07) is 10.6. The van der Waals surface area contributed by atoms with Crippen LogP contribution >= 0.6 is 0 Å². The lowest BCUT2D eigenvalue weighted by molar-refractivity contribution is 0.0534. The van der Waals surface area contributed by atoms with E-state index in [1.807, 2.05) is 0 Å². The first-order valence-electron chi connectivity index (χ1n) is 6.79. The molecule has 1 aromatic carbocycles. The van der Waals surface area contributed by atoms with Crippen LogP contribution in [-0.2, 0) is 11.3 Å². The molecule has 3 heteroatoms. The summed E-state index contributed by atoms with van der Waals surface area (Å²) in [5.74, 6) is 0. The van der Waals surface area contributed by atoms with E-state index in [0.717, 1.165) is 32.8 Å². The van der Waals surface area contributed by atoms with Gasteiger partial charge in [0, 0.05) is 25.6 Å². The quantitative estimate of drug-likeness (QED) is 0.805. The molecule has 0 aliphatic carbocycles. The Morgan fingerprint density at radius 3 is 2.61 bits per heavy atom. The summed E-state index contributed by atoms with van der Waals surface area (Å²) in [5, 5.41) is 7.01. The third kappa shape index (κ3) is 3.80. The molecule has 2 rings (SSSR count). The van der Waals surface area contributed by atoms with Crippen LogP contribution in [0.4, 0.5) is 0 Å². The van der Waals surface area contributed by atoms with Crippen LogP contribution in [0, 0.1) is 5.41 Å². The van der Waals surface area contributed by atoms with Gasteiger partial charge in [-0.1, -0.05) is 30.3 Å². The number of piperidine rings is 1. The van der Waals surface area contributed by atoms with Gasteiger partial charge in [0.25, 0.3) is 0 Å². The van der Waals surface area contributed by atoms with Crippen LogP contribution in [0.1, 0.15) is 18.4 Å². The highest BCUT2D eigenvalue weighted by atomic mass is 16.5. The van der Waals surface area contributed by atoms with Crippen LogP contribution in [-0.4, -0.2) is 33.4 Å². The van der Waals surface area contributed by atoms with E-state index in [9.17, 15) is 0 Å². The van der Waals surface area contributed by atoms with Gasteiger partial charge in [-0.25, -0.2) is 0 Å². The fourth-order valence-corrected chi connectivity index (χ4v) is 2.70. The standard InChI is InChI=1S/C15H24N2O/c1-18-13-15(7-9-16-10-8-15)12-17-11-14-5-3-2-4-6-14/h2-6,16-17H,7-13H2,1H3. The minimum absolute atomic E-state index is 0.314. The maximum atomic E-state index is 5.42. The fourth-order valence-electron chi connectivity index (χ4n) is 2.70. The zero-order chi connectivity index (χ0) is 12.7. The molecule has 0 spiro atoms. The average Bonchev–Trinajstić information content (AvgIpc) is 2.41. The Labute approximate surface area is 110 Å². The van der Waals surface area contributed by atoms with Crippen LogP contribution in [0.25, 0.3) is 0 Å². The highest BCUT2D eigenvalue weighted by Crippen LogP contribution is 2.28. The van der Waals surface area contributed by atoms with Gasteiger partial charge >= 0.3 is 0 Å². The Morgan fingerprint density at radius 1 is 1.22 bits per heavy atom. The molecule has 2 N–H and O–H groups in total. The summed E-state index contributed by atoms with van der Waals surface area (Å²) in [6.45, 7) is 5.06. The number of methoxy groups -OCH3 is 1. The third-order valence-electron chi connectivity index (χ3n) is 3.79. The Hall–Kier alpha value is -0.900. The maximum Gasteiger partial charge on any atom is 0.0531 e. The molecule has 0 atom stereocenters. The lowest BCUT2D eigenvalue weighted by Crippen LogP contribution is -2.45. The summed E-state index contributed by atoms with van der Waals surface area (Å²) in [4.78, 5) is 0. The number of hydrogen-bond donors (Lipinski definition) is 2. The molecule has 1 aliphatic rings. The second-order valence-electron chi connectivity index (χ2n) is 5.27. The van der Waals surface area contributed by atoms with Crippen LogP contribution in [0.5, 0.6) is 0 Å². The average molecular weight is 248 g/mol. The SMILES string of the molecule is COCC1(CNCc2ccccc2)CCNCC1. The van der Waals surface area contributed by atoms with Gasteiger partial charge in [0.15, 0.2) is 0 Å². The molecule has 0 aromatic heterocycles. The molecular formula is C15H24N2O.